The number of thiophene rings is 1. The van der Waals surface area contributed by atoms with Crippen LogP contribution in [0.1, 0.15) is 53.8 Å². The van der Waals surface area contributed by atoms with Crippen LogP contribution < -0.4 is 26.8 Å². The van der Waals surface area contributed by atoms with Crippen LogP contribution in [-0.4, -0.2) is 71.7 Å². The van der Waals surface area contributed by atoms with E-state index in [1.807, 2.05) is 7.05 Å². The first-order valence-electron chi connectivity index (χ1n) is 14.3. The summed E-state index contributed by atoms with van der Waals surface area (Å²) in [7, 11) is 3.33. The minimum absolute atomic E-state index is 0.0860. The average Bonchev–Trinajstić information content (AvgIpc) is 3.32. The van der Waals surface area contributed by atoms with Gasteiger partial charge in [-0.2, -0.15) is 0 Å². The summed E-state index contributed by atoms with van der Waals surface area (Å²) >= 11 is 4.53. The maximum atomic E-state index is 13.3. The van der Waals surface area contributed by atoms with E-state index >= 15 is 0 Å². The number of carbonyl (C=O) groups excluding carboxylic acids is 5. The molecule has 4 rings (SSSR count). The highest BCUT2D eigenvalue weighted by Crippen LogP contribution is 2.36. The normalized spacial score (nSPS) is 20.5. The van der Waals surface area contributed by atoms with Gasteiger partial charge in [-0.3, -0.25) is 33.7 Å². The predicted octanol–water partition coefficient (Wildman–Crippen LogP) is 2.01. The van der Waals surface area contributed by atoms with Crippen molar-refractivity contribution in [2.45, 2.75) is 64.2 Å². The topological polar surface area (TPSA) is 159 Å². The number of nitrogens with zero attached hydrogens (tertiary/aromatic N) is 2. The molecule has 14 heteroatoms. The minimum atomic E-state index is -1.22. The summed E-state index contributed by atoms with van der Waals surface area (Å²) in [6.07, 6.45) is 5.43. The van der Waals surface area contributed by atoms with Crippen molar-refractivity contribution in [3.05, 3.63) is 49.0 Å². The third-order valence-corrected chi connectivity index (χ3v) is 9.79. The number of pyridine rings is 1. The second-order valence-corrected chi connectivity index (χ2v) is 13.6. The molecule has 1 saturated carbocycles. The van der Waals surface area contributed by atoms with Crippen molar-refractivity contribution in [2.75, 3.05) is 26.0 Å². The summed E-state index contributed by atoms with van der Waals surface area (Å²) in [5, 5.41) is 10.5. The van der Waals surface area contributed by atoms with E-state index < -0.39 is 35.1 Å². The molecule has 0 aromatic carbocycles. The molecule has 2 aromatic heterocycles. The van der Waals surface area contributed by atoms with Crippen LogP contribution >= 0.6 is 27.3 Å². The Balaban J connectivity index is 1.45. The van der Waals surface area contributed by atoms with Gasteiger partial charge in [0.05, 0.1) is 14.8 Å². The molecule has 4 atom stereocenters. The molecule has 4 amide bonds. The van der Waals surface area contributed by atoms with E-state index in [4.69, 9.17) is 0 Å². The first-order chi connectivity index (χ1) is 20.5. The van der Waals surface area contributed by atoms with Crippen LogP contribution in [0, 0.1) is 18.8 Å². The molecule has 1 saturated heterocycles. The maximum absolute atomic E-state index is 13.3. The Morgan fingerprint density at radius 1 is 1.19 bits per heavy atom. The standard InChI is InChI=1S/C29H37BrN6O6S/c1-16-12-22(30)43-24(16)28(41)32-19(9-10-21(37)27(40)31-2)26(39)33-20-8-5-11-36(29(20)42)15-23(38)34-25-18-7-4-6-17(13-18)14-35(25)3/h5,8,11-12,17-19,25H,4,6-7,9-10,13-15H2,1-3H3,(H,31,40)(H,32,41)(H,33,39)(H,34,38). The van der Waals surface area contributed by atoms with Crippen molar-refractivity contribution in [3.63, 3.8) is 0 Å². The molecule has 1 aliphatic heterocycles. The molecule has 12 nitrogen and oxygen atoms in total. The lowest BCUT2D eigenvalue weighted by Gasteiger charge is -2.46. The lowest BCUT2D eigenvalue weighted by Crippen LogP contribution is -2.57. The lowest BCUT2D eigenvalue weighted by atomic mass is 9.76. The zero-order valence-corrected chi connectivity index (χ0v) is 26.8. The number of carbonyl (C=O) groups is 5. The van der Waals surface area contributed by atoms with Crippen molar-refractivity contribution in [2.24, 2.45) is 11.8 Å². The van der Waals surface area contributed by atoms with Gasteiger partial charge in [0.25, 0.3) is 17.4 Å². The molecule has 3 heterocycles. The molecular weight excluding hydrogens is 640 g/mol. The number of aromatic nitrogens is 1. The Morgan fingerprint density at radius 2 is 1.95 bits per heavy atom. The number of likely N-dealkylation sites (tertiary alicyclic amines) is 1. The van der Waals surface area contributed by atoms with Crippen molar-refractivity contribution in [1.29, 1.82) is 0 Å². The van der Waals surface area contributed by atoms with Gasteiger partial charge in [0.15, 0.2) is 0 Å². The highest BCUT2D eigenvalue weighted by Gasteiger charge is 2.37. The molecule has 0 radical (unpaired) electrons. The van der Waals surface area contributed by atoms with Gasteiger partial charge in [0.1, 0.15) is 18.3 Å². The molecular formula is C29H37BrN6O6S. The summed E-state index contributed by atoms with van der Waals surface area (Å²) in [5.41, 5.74) is 0.0179. The third-order valence-electron chi connectivity index (χ3n) is 8.05. The van der Waals surface area contributed by atoms with Crippen molar-refractivity contribution in [1.82, 2.24) is 25.4 Å². The Bertz CT molecular complexity index is 1460. The minimum Gasteiger partial charge on any atom is -0.353 e. The Labute approximate surface area is 262 Å². The molecule has 2 aromatic rings. The van der Waals surface area contributed by atoms with Crippen molar-refractivity contribution >= 4 is 62.4 Å². The molecule has 232 valence electrons. The number of hydrogen-bond acceptors (Lipinski definition) is 8. The van der Waals surface area contributed by atoms with Gasteiger partial charge in [-0.25, -0.2) is 0 Å². The number of fused-ring (bicyclic) bond motifs is 2. The van der Waals surface area contributed by atoms with E-state index in [1.54, 1.807) is 13.0 Å². The molecule has 43 heavy (non-hydrogen) atoms. The first kappa shape index (κ1) is 32.6. The third kappa shape index (κ3) is 8.18. The number of ketones is 1. The highest BCUT2D eigenvalue weighted by molar-refractivity contribution is 9.11. The van der Waals surface area contributed by atoms with E-state index in [1.165, 1.54) is 47.7 Å². The number of nitrogens with one attached hydrogen (secondary N) is 4. The van der Waals surface area contributed by atoms with Crippen LogP contribution in [0.5, 0.6) is 0 Å². The fourth-order valence-corrected chi connectivity index (χ4v) is 7.56. The van der Waals surface area contributed by atoms with Crippen LogP contribution in [-0.2, 0) is 25.7 Å². The molecule has 2 aliphatic rings. The van der Waals surface area contributed by atoms with Gasteiger partial charge in [-0.15, -0.1) is 11.3 Å². The van der Waals surface area contributed by atoms with E-state index in [-0.39, 0.29) is 37.1 Å². The molecule has 0 spiro atoms. The van der Waals surface area contributed by atoms with E-state index in [0.29, 0.717) is 22.3 Å². The van der Waals surface area contributed by atoms with Gasteiger partial charge in [0.2, 0.25) is 17.6 Å². The van der Waals surface area contributed by atoms with Crippen LogP contribution in [0.15, 0.2) is 33.0 Å². The van der Waals surface area contributed by atoms with Gasteiger partial charge >= 0.3 is 0 Å². The van der Waals surface area contributed by atoms with Gasteiger partial charge in [0, 0.05) is 26.2 Å². The van der Waals surface area contributed by atoms with Crippen molar-refractivity contribution in [3.8, 4) is 0 Å². The summed E-state index contributed by atoms with van der Waals surface area (Å²) in [4.78, 5) is 79.0. The monoisotopic (exact) mass is 676 g/mol. The number of anilines is 1. The first-order valence-corrected chi connectivity index (χ1v) is 15.9. The quantitative estimate of drug-likeness (QED) is 0.265. The van der Waals surface area contributed by atoms with Crippen LogP contribution in [0.4, 0.5) is 5.69 Å². The number of amides is 4. The Morgan fingerprint density at radius 3 is 2.65 bits per heavy atom. The average molecular weight is 678 g/mol. The molecule has 4 N–H and O–H groups in total. The fraction of sp³-hybridized carbons (Fsp3) is 0.517. The van der Waals surface area contributed by atoms with Gasteiger partial charge in [-0.1, -0.05) is 6.42 Å². The zero-order chi connectivity index (χ0) is 31.3. The largest absolute Gasteiger partial charge is 0.353 e. The summed E-state index contributed by atoms with van der Waals surface area (Å²) in [6, 6.07) is 3.49. The number of hydrogen-bond donors (Lipinski definition) is 4. The Kier molecular flexibility index (Phi) is 10.9. The molecule has 2 fully saturated rings. The maximum Gasteiger partial charge on any atom is 0.287 e. The number of likely N-dealkylation sites (N-methyl/N-ethyl adjacent to an activating group) is 1. The van der Waals surface area contributed by atoms with Gasteiger partial charge < -0.3 is 25.8 Å². The van der Waals surface area contributed by atoms with E-state index in [2.05, 4.69) is 42.1 Å². The Hall–Kier alpha value is -3.36. The van der Waals surface area contributed by atoms with Crippen molar-refractivity contribution < 1.29 is 24.0 Å². The number of Topliss-reactive ketones (excluding diaryl/α,β-unsaturated/α-hetero) is 1. The molecule has 1 aliphatic carbocycles. The summed E-state index contributed by atoms with van der Waals surface area (Å²) < 4.78 is 1.95. The van der Waals surface area contributed by atoms with Crippen LogP contribution in [0.25, 0.3) is 0 Å². The summed E-state index contributed by atoms with van der Waals surface area (Å²) in [6.45, 7) is 2.45. The second-order valence-electron chi connectivity index (χ2n) is 11.2. The second kappa shape index (κ2) is 14.4. The zero-order valence-electron chi connectivity index (χ0n) is 24.4. The lowest BCUT2D eigenvalue weighted by molar-refractivity contribution is -0.137. The van der Waals surface area contributed by atoms with E-state index in [0.717, 1.165) is 29.6 Å². The number of aryl methyl sites for hydroxylation is 1. The highest BCUT2D eigenvalue weighted by atomic mass is 79.9. The summed E-state index contributed by atoms with van der Waals surface area (Å²) in [5.74, 6) is -2.08. The number of rotatable bonds is 11. The fourth-order valence-electron chi connectivity index (χ4n) is 5.93. The molecule has 2 bridgehead atoms. The van der Waals surface area contributed by atoms with E-state index in [9.17, 15) is 28.8 Å². The van der Waals surface area contributed by atoms with Crippen LogP contribution in [0.3, 0.4) is 0 Å². The van der Waals surface area contributed by atoms with Crippen LogP contribution in [0.2, 0.25) is 0 Å². The van der Waals surface area contributed by atoms with Gasteiger partial charge in [-0.05, 0) is 91.2 Å². The number of halogens is 1. The SMILES string of the molecule is CNC(=O)C(=O)CCC(NC(=O)c1sc(Br)cc1C)C(=O)Nc1cccn(CC(=O)NC2C3CCCC(C3)CN2C)c1=O. The number of piperidine rings is 1. The molecule has 4 unspecified atom stereocenters. The smallest absolute Gasteiger partial charge is 0.287 e. The predicted molar refractivity (Wildman–Crippen MR) is 166 cm³/mol.